The molecule has 0 radical (unpaired) electrons. The van der Waals surface area contributed by atoms with E-state index in [1.165, 1.54) is 12.1 Å². The predicted molar refractivity (Wildman–Crippen MR) is 74.0 cm³/mol. The number of nitrogens with two attached hydrogens (primary N) is 1. The molecule has 0 fully saturated rings. The Labute approximate surface area is 114 Å². The van der Waals surface area contributed by atoms with Crippen molar-refractivity contribution in [2.24, 2.45) is 0 Å². The second-order valence-corrected chi connectivity index (χ2v) is 4.90. The molecule has 0 saturated carbocycles. The quantitative estimate of drug-likeness (QED) is 0.868. The molecule has 0 atom stereocenters. The number of benzene rings is 2. The number of aryl methyl sites for hydroxylation is 1. The molecule has 94 valence electrons. The molecule has 0 saturated heterocycles. The van der Waals surface area contributed by atoms with Crippen LogP contribution in [0.2, 0.25) is 0 Å². The van der Waals surface area contributed by atoms with Gasteiger partial charge in [-0.25, -0.2) is 4.39 Å². The molecule has 2 nitrogen and oxygen atoms in total. The van der Waals surface area contributed by atoms with E-state index in [1.54, 1.807) is 6.07 Å². The summed E-state index contributed by atoms with van der Waals surface area (Å²) in [7, 11) is 0. The Hall–Kier alpha value is -1.55. The Kier molecular flexibility index (Phi) is 3.87. The molecule has 2 aromatic rings. The zero-order valence-corrected chi connectivity index (χ0v) is 11.5. The maximum Gasteiger partial charge on any atom is 0.123 e. The summed E-state index contributed by atoms with van der Waals surface area (Å²) in [5.41, 5.74) is 8.13. The number of hydrogen-bond acceptors (Lipinski definition) is 2. The lowest BCUT2D eigenvalue weighted by Gasteiger charge is -2.10. The Morgan fingerprint density at radius 3 is 2.67 bits per heavy atom. The molecule has 18 heavy (non-hydrogen) atoms. The van der Waals surface area contributed by atoms with Gasteiger partial charge in [0.1, 0.15) is 18.2 Å². The maximum atomic E-state index is 12.9. The van der Waals surface area contributed by atoms with E-state index < -0.39 is 0 Å². The van der Waals surface area contributed by atoms with Gasteiger partial charge in [0.15, 0.2) is 0 Å². The van der Waals surface area contributed by atoms with Gasteiger partial charge in [-0.1, -0.05) is 22.0 Å². The lowest BCUT2D eigenvalue weighted by molar-refractivity contribution is 0.303. The first-order valence-electron chi connectivity index (χ1n) is 5.49. The molecule has 0 aliphatic heterocycles. The van der Waals surface area contributed by atoms with E-state index in [0.717, 1.165) is 15.6 Å². The summed E-state index contributed by atoms with van der Waals surface area (Å²) in [4.78, 5) is 0. The first-order chi connectivity index (χ1) is 8.56. The average Bonchev–Trinajstić information content (AvgIpc) is 2.30. The Morgan fingerprint density at radius 1 is 1.22 bits per heavy atom. The average molecular weight is 310 g/mol. The van der Waals surface area contributed by atoms with Crippen LogP contribution in [0, 0.1) is 12.7 Å². The van der Waals surface area contributed by atoms with E-state index in [9.17, 15) is 4.39 Å². The topological polar surface area (TPSA) is 35.2 Å². The largest absolute Gasteiger partial charge is 0.489 e. The number of anilines is 1. The minimum Gasteiger partial charge on any atom is -0.489 e. The molecule has 2 N–H and O–H groups in total. The molecule has 2 rings (SSSR count). The molecule has 0 aliphatic rings. The summed E-state index contributed by atoms with van der Waals surface area (Å²) in [5, 5.41) is 0. The van der Waals surface area contributed by atoms with Gasteiger partial charge in [0, 0.05) is 15.7 Å². The molecular weight excluding hydrogens is 297 g/mol. The van der Waals surface area contributed by atoms with E-state index in [4.69, 9.17) is 10.5 Å². The highest BCUT2D eigenvalue weighted by molar-refractivity contribution is 9.10. The van der Waals surface area contributed by atoms with Crippen molar-refractivity contribution in [3.05, 3.63) is 57.8 Å². The van der Waals surface area contributed by atoms with Gasteiger partial charge in [-0.3, -0.25) is 0 Å². The Bertz CT molecular complexity index is 520. The molecule has 4 heteroatoms. The van der Waals surface area contributed by atoms with Crippen LogP contribution < -0.4 is 10.5 Å². The molecule has 0 aliphatic carbocycles. The van der Waals surface area contributed by atoms with Crippen LogP contribution in [0.5, 0.6) is 5.75 Å². The summed E-state index contributed by atoms with van der Waals surface area (Å²) in [6, 6.07) is 10.0. The summed E-state index contributed by atoms with van der Waals surface area (Å²) < 4.78 is 19.5. The van der Waals surface area contributed by atoms with Crippen molar-refractivity contribution in [2.75, 3.05) is 5.73 Å². The van der Waals surface area contributed by atoms with E-state index in [2.05, 4.69) is 15.9 Å². The summed E-state index contributed by atoms with van der Waals surface area (Å²) in [6.07, 6.45) is 0. The highest BCUT2D eigenvalue weighted by Gasteiger charge is 2.04. The van der Waals surface area contributed by atoms with Gasteiger partial charge in [0.25, 0.3) is 0 Å². The molecule has 0 unspecified atom stereocenters. The van der Waals surface area contributed by atoms with Gasteiger partial charge in [-0.2, -0.15) is 0 Å². The van der Waals surface area contributed by atoms with Crippen molar-refractivity contribution >= 4 is 21.6 Å². The van der Waals surface area contributed by atoms with Crippen LogP contribution in [0.1, 0.15) is 11.1 Å². The monoisotopic (exact) mass is 309 g/mol. The molecule has 0 amide bonds. The van der Waals surface area contributed by atoms with Crippen molar-refractivity contribution < 1.29 is 9.13 Å². The number of ether oxygens (including phenoxy) is 1. The standard InChI is InChI=1S/C14H13BrFNO/c1-9-6-11(16)3-5-14(9)18-8-10-2-4-12(17)7-13(10)15/h2-7H,8,17H2,1H3. The molecule has 2 aromatic carbocycles. The van der Waals surface area contributed by atoms with Crippen LogP contribution in [0.4, 0.5) is 10.1 Å². The van der Waals surface area contributed by atoms with Crippen LogP contribution in [0.15, 0.2) is 40.9 Å². The van der Waals surface area contributed by atoms with Gasteiger partial charge in [0.2, 0.25) is 0 Å². The first-order valence-corrected chi connectivity index (χ1v) is 6.28. The first kappa shape index (κ1) is 12.9. The van der Waals surface area contributed by atoms with Crippen molar-refractivity contribution in [3.8, 4) is 5.75 Å². The SMILES string of the molecule is Cc1cc(F)ccc1OCc1ccc(N)cc1Br. The molecular formula is C14H13BrFNO. The Balaban J connectivity index is 2.11. The molecule has 0 heterocycles. The Morgan fingerprint density at radius 2 is 2.00 bits per heavy atom. The molecule has 0 spiro atoms. The summed E-state index contributed by atoms with van der Waals surface area (Å²) >= 11 is 3.43. The lowest BCUT2D eigenvalue weighted by Crippen LogP contribution is -1.99. The third-order valence-electron chi connectivity index (χ3n) is 2.60. The van der Waals surface area contributed by atoms with E-state index >= 15 is 0 Å². The van der Waals surface area contributed by atoms with Gasteiger partial charge >= 0.3 is 0 Å². The van der Waals surface area contributed by atoms with E-state index in [0.29, 0.717) is 18.0 Å². The fraction of sp³-hybridized carbons (Fsp3) is 0.143. The third-order valence-corrected chi connectivity index (χ3v) is 3.34. The van der Waals surface area contributed by atoms with E-state index in [1.807, 2.05) is 25.1 Å². The zero-order valence-electron chi connectivity index (χ0n) is 9.91. The van der Waals surface area contributed by atoms with Crippen LogP contribution >= 0.6 is 15.9 Å². The minimum absolute atomic E-state index is 0.256. The van der Waals surface area contributed by atoms with E-state index in [-0.39, 0.29) is 5.82 Å². The second kappa shape index (κ2) is 5.40. The number of halogens is 2. The van der Waals surface area contributed by atoms with Crippen molar-refractivity contribution in [3.63, 3.8) is 0 Å². The second-order valence-electron chi connectivity index (χ2n) is 4.05. The van der Waals surface area contributed by atoms with Crippen LogP contribution in [-0.2, 0) is 6.61 Å². The van der Waals surface area contributed by atoms with Gasteiger partial charge < -0.3 is 10.5 Å². The van der Waals surface area contributed by atoms with Crippen LogP contribution in [0.3, 0.4) is 0 Å². The van der Waals surface area contributed by atoms with Crippen molar-refractivity contribution in [2.45, 2.75) is 13.5 Å². The fourth-order valence-electron chi connectivity index (χ4n) is 1.61. The number of nitrogen functional groups attached to an aromatic ring is 1. The highest BCUT2D eigenvalue weighted by Crippen LogP contribution is 2.23. The summed E-state index contributed by atoms with van der Waals surface area (Å²) in [6.45, 7) is 2.23. The predicted octanol–water partition coefficient (Wildman–Crippen LogP) is 4.06. The normalized spacial score (nSPS) is 10.4. The van der Waals surface area contributed by atoms with Gasteiger partial charge in [0.05, 0.1) is 0 Å². The highest BCUT2D eigenvalue weighted by atomic mass is 79.9. The van der Waals surface area contributed by atoms with Gasteiger partial charge in [-0.05, 0) is 42.8 Å². The minimum atomic E-state index is -0.256. The molecule has 0 bridgehead atoms. The number of hydrogen-bond donors (Lipinski definition) is 1. The van der Waals surface area contributed by atoms with Crippen LogP contribution in [0.25, 0.3) is 0 Å². The van der Waals surface area contributed by atoms with Crippen molar-refractivity contribution in [1.29, 1.82) is 0 Å². The smallest absolute Gasteiger partial charge is 0.123 e. The fourth-order valence-corrected chi connectivity index (χ4v) is 2.12. The lowest BCUT2D eigenvalue weighted by atomic mass is 10.2. The van der Waals surface area contributed by atoms with Crippen LogP contribution in [-0.4, -0.2) is 0 Å². The third kappa shape index (κ3) is 3.01. The van der Waals surface area contributed by atoms with Gasteiger partial charge in [-0.15, -0.1) is 0 Å². The summed E-state index contributed by atoms with van der Waals surface area (Å²) in [5.74, 6) is 0.425. The molecule has 0 aromatic heterocycles. The number of rotatable bonds is 3. The van der Waals surface area contributed by atoms with Crippen molar-refractivity contribution in [1.82, 2.24) is 0 Å². The zero-order chi connectivity index (χ0) is 13.1. The maximum absolute atomic E-state index is 12.9.